The van der Waals surface area contributed by atoms with Gasteiger partial charge >= 0.3 is 0 Å². The molecule has 0 aliphatic carbocycles. The summed E-state index contributed by atoms with van der Waals surface area (Å²) in [7, 11) is 3.89. The summed E-state index contributed by atoms with van der Waals surface area (Å²) in [6.07, 6.45) is 2.54. The number of fused-ring (bicyclic) bond motifs is 1. The van der Waals surface area contributed by atoms with Gasteiger partial charge in [-0.3, -0.25) is 4.79 Å². The molecule has 1 amide bonds. The molecule has 1 N–H and O–H groups in total. The van der Waals surface area contributed by atoms with Crippen molar-refractivity contribution < 1.29 is 4.79 Å². The topological polar surface area (TPSA) is 35.6 Å². The third-order valence-corrected chi connectivity index (χ3v) is 3.40. The Kier molecular flexibility index (Phi) is 3.26. The van der Waals surface area contributed by atoms with Crippen molar-refractivity contribution >= 4 is 5.91 Å². The number of hydrogen-bond donors (Lipinski definition) is 1. The van der Waals surface area contributed by atoms with Crippen molar-refractivity contribution in [2.24, 2.45) is 5.92 Å². The van der Waals surface area contributed by atoms with Crippen LogP contribution in [0.2, 0.25) is 0 Å². The van der Waals surface area contributed by atoms with Crippen molar-refractivity contribution in [3.8, 4) is 0 Å². The van der Waals surface area contributed by atoms with Gasteiger partial charge in [0.05, 0.1) is 6.54 Å². The normalized spacial score (nSPS) is 30.7. The summed E-state index contributed by atoms with van der Waals surface area (Å²) in [6.45, 7) is 3.54. The lowest BCUT2D eigenvalue weighted by molar-refractivity contribution is -0.130. The van der Waals surface area contributed by atoms with Crippen LogP contribution >= 0.6 is 0 Å². The van der Waals surface area contributed by atoms with Crippen LogP contribution in [-0.2, 0) is 4.79 Å². The van der Waals surface area contributed by atoms with Gasteiger partial charge < -0.3 is 15.1 Å². The second kappa shape index (κ2) is 4.49. The zero-order valence-corrected chi connectivity index (χ0v) is 9.70. The van der Waals surface area contributed by atoms with E-state index >= 15 is 0 Å². The van der Waals surface area contributed by atoms with Crippen LogP contribution in [0, 0.1) is 5.92 Å². The molecule has 4 nitrogen and oxygen atoms in total. The van der Waals surface area contributed by atoms with E-state index in [-0.39, 0.29) is 5.91 Å². The monoisotopic (exact) mass is 211 g/mol. The third kappa shape index (κ3) is 2.49. The third-order valence-electron chi connectivity index (χ3n) is 3.40. The molecule has 15 heavy (non-hydrogen) atoms. The minimum absolute atomic E-state index is 0.274. The molecule has 2 aliphatic heterocycles. The first-order chi connectivity index (χ1) is 7.16. The van der Waals surface area contributed by atoms with E-state index in [0.717, 1.165) is 19.6 Å². The number of hydrogen-bond acceptors (Lipinski definition) is 3. The summed E-state index contributed by atoms with van der Waals surface area (Å²) in [5, 5.41) is 3.51. The fourth-order valence-corrected chi connectivity index (χ4v) is 2.62. The van der Waals surface area contributed by atoms with Crippen LogP contribution in [0.5, 0.6) is 0 Å². The molecule has 2 heterocycles. The summed E-state index contributed by atoms with van der Waals surface area (Å²) in [6, 6.07) is 0.560. The number of nitrogens with zero attached hydrogens (tertiary/aromatic N) is 2. The Hall–Kier alpha value is -0.610. The standard InChI is InChI=1S/C11H21N3O/c1-13(2)8-11(15)14-6-9-4-3-5-12-10(9)7-14/h9-10,12H,3-8H2,1-2H3. The average Bonchev–Trinajstić information content (AvgIpc) is 2.59. The van der Waals surface area contributed by atoms with Gasteiger partial charge in [-0.15, -0.1) is 0 Å². The van der Waals surface area contributed by atoms with Crippen LogP contribution in [0.1, 0.15) is 12.8 Å². The molecule has 0 bridgehead atoms. The zero-order chi connectivity index (χ0) is 10.8. The zero-order valence-electron chi connectivity index (χ0n) is 9.70. The Balaban J connectivity index is 1.88. The Morgan fingerprint density at radius 1 is 1.47 bits per heavy atom. The molecule has 0 spiro atoms. The van der Waals surface area contributed by atoms with Crippen LogP contribution in [0.3, 0.4) is 0 Å². The van der Waals surface area contributed by atoms with Crippen LogP contribution < -0.4 is 5.32 Å². The van der Waals surface area contributed by atoms with Gasteiger partial charge in [-0.1, -0.05) is 0 Å². The molecule has 4 heteroatoms. The summed E-state index contributed by atoms with van der Waals surface area (Å²) in [4.78, 5) is 15.8. The molecule has 2 unspecified atom stereocenters. The highest BCUT2D eigenvalue weighted by atomic mass is 16.2. The van der Waals surface area contributed by atoms with Crippen LogP contribution in [0.15, 0.2) is 0 Å². The molecule has 0 aromatic carbocycles. The summed E-state index contributed by atoms with van der Waals surface area (Å²) < 4.78 is 0. The molecule has 0 radical (unpaired) electrons. The van der Waals surface area contributed by atoms with Gasteiger partial charge in [0.25, 0.3) is 0 Å². The highest BCUT2D eigenvalue weighted by Gasteiger charge is 2.36. The lowest BCUT2D eigenvalue weighted by atomic mass is 9.94. The van der Waals surface area contributed by atoms with E-state index in [0.29, 0.717) is 18.5 Å². The number of rotatable bonds is 2. The number of likely N-dealkylation sites (N-methyl/N-ethyl adjacent to an activating group) is 1. The first-order valence-electron chi connectivity index (χ1n) is 5.82. The largest absolute Gasteiger partial charge is 0.340 e. The number of piperidine rings is 1. The van der Waals surface area contributed by atoms with E-state index in [1.165, 1.54) is 12.8 Å². The highest BCUT2D eigenvalue weighted by molar-refractivity contribution is 5.78. The maximum Gasteiger partial charge on any atom is 0.236 e. The molecular formula is C11H21N3O. The predicted molar refractivity (Wildman–Crippen MR) is 59.6 cm³/mol. The maximum absolute atomic E-state index is 11.9. The van der Waals surface area contributed by atoms with Gasteiger partial charge in [-0.05, 0) is 39.4 Å². The SMILES string of the molecule is CN(C)CC(=O)N1CC2CCCNC2C1. The lowest BCUT2D eigenvalue weighted by Gasteiger charge is -2.24. The Morgan fingerprint density at radius 2 is 2.27 bits per heavy atom. The summed E-state index contributed by atoms with van der Waals surface area (Å²) in [5.41, 5.74) is 0. The van der Waals surface area contributed by atoms with Crippen LogP contribution in [0.25, 0.3) is 0 Å². The van der Waals surface area contributed by atoms with E-state index in [1.54, 1.807) is 0 Å². The van der Waals surface area contributed by atoms with Crippen molar-refractivity contribution in [1.29, 1.82) is 0 Å². The molecule has 0 aromatic rings. The van der Waals surface area contributed by atoms with E-state index in [2.05, 4.69) is 5.32 Å². The molecule has 2 atom stereocenters. The van der Waals surface area contributed by atoms with Gasteiger partial charge in [-0.2, -0.15) is 0 Å². The van der Waals surface area contributed by atoms with Crippen molar-refractivity contribution in [2.75, 3.05) is 40.3 Å². The number of carbonyl (C=O) groups excluding carboxylic acids is 1. The maximum atomic E-state index is 11.9. The first kappa shape index (κ1) is 10.9. The molecule has 2 aliphatic rings. The minimum Gasteiger partial charge on any atom is -0.340 e. The van der Waals surface area contributed by atoms with E-state index in [9.17, 15) is 4.79 Å². The molecule has 0 aromatic heterocycles. The number of carbonyl (C=O) groups is 1. The van der Waals surface area contributed by atoms with Crippen molar-refractivity contribution in [3.63, 3.8) is 0 Å². The minimum atomic E-state index is 0.274. The Morgan fingerprint density at radius 3 is 2.93 bits per heavy atom. The smallest absolute Gasteiger partial charge is 0.236 e. The van der Waals surface area contributed by atoms with Crippen molar-refractivity contribution in [3.05, 3.63) is 0 Å². The fourth-order valence-electron chi connectivity index (χ4n) is 2.62. The quantitative estimate of drug-likeness (QED) is 0.684. The van der Waals surface area contributed by atoms with Gasteiger partial charge in [-0.25, -0.2) is 0 Å². The molecular weight excluding hydrogens is 190 g/mol. The van der Waals surface area contributed by atoms with Gasteiger partial charge in [0, 0.05) is 19.1 Å². The number of nitrogens with one attached hydrogen (secondary N) is 1. The van der Waals surface area contributed by atoms with Crippen LogP contribution in [0.4, 0.5) is 0 Å². The van der Waals surface area contributed by atoms with Crippen molar-refractivity contribution in [2.45, 2.75) is 18.9 Å². The Labute approximate surface area is 91.6 Å². The lowest BCUT2D eigenvalue weighted by Crippen LogP contribution is -2.41. The first-order valence-corrected chi connectivity index (χ1v) is 5.82. The van der Waals surface area contributed by atoms with Gasteiger partial charge in [0.2, 0.25) is 5.91 Å². The fraction of sp³-hybridized carbons (Fsp3) is 0.909. The molecule has 2 fully saturated rings. The summed E-state index contributed by atoms with van der Waals surface area (Å²) in [5.74, 6) is 0.973. The number of amides is 1. The van der Waals surface area contributed by atoms with E-state index in [1.807, 2.05) is 23.9 Å². The van der Waals surface area contributed by atoms with E-state index in [4.69, 9.17) is 0 Å². The second-order valence-electron chi connectivity index (χ2n) is 5.00. The van der Waals surface area contributed by atoms with Crippen LogP contribution in [-0.4, -0.2) is 62.0 Å². The van der Waals surface area contributed by atoms with E-state index < -0.39 is 0 Å². The molecule has 0 saturated carbocycles. The second-order valence-corrected chi connectivity index (χ2v) is 5.00. The average molecular weight is 211 g/mol. The Bertz CT molecular complexity index is 228. The van der Waals surface area contributed by atoms with Gasteiger partial charge in [0.1, 0.15) is 0 Å². The highest BCUT2D eigenvalue weighted by Crippen LogP contribution is 2.24. The van der Waals surface area contributed by atoms with Crippen molar-refractivity contribution in [1.82, 2.24) is 15.1 Å². The predicted octanol–water partition coefficient (Wildman–Crippen LogP) is -0.242. The van der Waals surface area contributed by atoms with Gasteiger partial charge in [0.15, 0.2) is 0 Å². The summed E-state index contributed by atoms with van der Waals surface area (Å²) >= 11 is 0. The molecule has 86 valence electrons. The molecule has 2 rings (SSSR count). The number of likely N-dealkylation sites (tertiary alicyclic amines) is 1. The molecule has 2 saturated heterocycles.